The molecular formula is C21H18BrFN2O5. The van der Waals surface area contributed by atoms with E-state index in [0.29, 0.717) is 17.3 Å². The maximum absolute atomic E-state index is 12.9. The topological polar surface area (TPSA) is 89.8 Å². The van der Waals surface area contributed by atoms with Crippen LogP contribution in [0.1, 0.15) is 23.2 Å². The van der Waals surface area contributed by atoms with Gasteiger partial charge in [0, 0.05) is 4.47 Å². The smallest absolute Gasteiger partial charge is 0.305 e. The third-order valence-corrected chi connectivity index (χ3v) is 4.35. The number of ether oxygens (including phenoxy) is 2. The highest BCUT2D eigenvalue weighted by Gasteiger charge is 2.17. The van der Waals surface area contributed by atoms with Gasteiger partial charge in [0.1, 0.15) is 29.7 Å². The summed E-state index contributed by atoms with van der Waals surface area (Å²) in [5, 5.41) is 0. The van der Waals surface area contributed by atoms with Gasteiger partial charge in [-0.15, -0.1) is 0 Å². The molecule has 0 bridgehead atoms. The van der Waals surface area contributed by atoms with Crippen molar-refractivity contribution in [2.45, 2.75) is 19.6 Å². The minimum absolute atomic E-state index is 0.00949. The lowest BCUT2D eigenvalue weighted by atomic mass is 10.3. The van der Waals surface area contributed by atoms with Crippen molar-refractivity contribution in [3.63, 3.8) is 0 Å². The molecule has 0 fully saturated rings. The first-order chi connectivity index (χ1) is 14.4. The number of nitrogens with one attached hydrogen (secondary N) is 2. The number of hydrogen-bond acceptors (Lipinski definition) is 5. The molecule has 3 rings (SSSR count). The van der Waals surface area contributed by atoms with Gasteiger partial charge < -0.3 is 13.9 Å². The lowest BCUT2D eigenvalue weighted by molar-refractivity contribution is -0.128. The van der Waals surface area contributed by atoms with Crippen molar-refractivity contribution in [2.24, 2.45) is 0 Å². The number of benzene rings is 2. The normalized spacial score (nSPS) is 11.4. The second-order valence-electron chi connectivity index (χ2n) is 6.17. The zero-order chi connectivity index (χ0) is 21.5. The monoisotopic (exact) mass is 476 g/mol. The first-order valence-corrected chi connectivity index (χ1v) is 9.69. The van der Waals surface area contributed by atoms with Gasteiger partial charge in [0.2, 0.25) is 0 Å². The van der Waals surface area contributed by atoms with Gasteiger partial charge in [-0.25, -0.2) is 4.39 Å². The van der Waals surface area contributed by atoms with E-state index in [-0.39, 0.29) is 12.4 Å². The second-order valence-corrected chi connectivity index (χ2v) is 7.09. The molecule has 2 N–H and O–H groups in total. The van der Waals surface area contributed by atoms with E-state index in [0.717, 1.165) is 4.47 Å². The van der Waals surface area contributed by atoms with Crippen LogP contribution >= 0.6 is 15.9 Å². The molecule has 0 saturated carbocycles. The Morgan fingerprint density at radius 3 is 2.57 bits per heavy atom. The zero-order valence-electron chi connectivity index (χ0n) is 15.9. The maximum atomic E-state index is 12.9. The lowest BCUT2D eigenvalue weighted by Gasteiger charge is -2.14. The van der Waals surface area contributed by atoms with Gasteiger partial charge in [-0.3, -0.25) is 20.4 Å². The number of carbonyl (C=O) groups excluding carboxylic acids is 2. The molecular weight excluding hydrogens is 459 g/mol. The van der Waals surface area contributed by atoms with Gasteiger partial charge in [-0.05, 0) is 61.5 Å². The Labute approximate surface area is 180 Å². The SMILES string of the molecule is CC(Oc1ccc(F)cc1)C(=O)NNC(=O)c1ccc(COc2cccc(Br)c2)o1. The van der Waals surface area contributed by atoms with E-state index in [1.54, 1.807) is 18.2 Å². The summed E-state index contributed by atoms with van der Waals surface area (Å²) < 4.78 is 30.2. The van der Waals surface area contributed by atoms with Crippen LogP contribution in [0, 0.1) is 5.82 Å². The van der Waals surface area contributed by atoms with E-state index >= 15 is 0 Å². The van der Waals surface area contributed by atoms with Crippen LogP contribution in [0.25, 0.3) is 0 Å². The van der Waals surface area contributed by atoms with Crippen molar-refractivity contribution >= 4 is 27.7 Å². The Morgan fingerprint density at radius 1 is 1.07 bits per heavy atom. The highest BCUT2D eigenvalue weighted by atomic mass is 79.9. The number of hydrogen-bond donors (Lipinski definition) is 2. The minimum Gasteiger partial charge on any atom is -0.486 e. The summed E-state index contributed by atoms with van der Waals surface area (Å²) >= 11 is 3.36. The molecule has 0 aliphatic heterocycles. The predicted molar refractivity (Wildman–Crippen MR) is 109 cm³/mol. The van der Waals surface area contributed by atoms with E-state index in [9.17, 15) is 14.0 Å². The summed E-state index contributed by atoms with van der Waals surface area (Å²) in [7, 11) is 0. The molecule has 0 spiro atoms. The number of amides is 2. The third kappa shape index (κ3) is 6.08. The van der Waals surface area contributed by atoms with Crippen LogP contribution in [0.2, 0.25) is 0 Å². The van der Waals surface area contributed by atoms with Crippen LogP contribution in [0.5, 0.6) is 11.5 Å². The molecule has 9 heteroatoms. The number of rotatable bonds is 7. The quantitative estimate of drug-likeness (QED) is 0.503. The van der Waals surface area contributed by atoms with Crippen LogP contribution in [-0.2, 0) is 11.4 Å². The van der Waals surface area contributed by atoms with E-state index in [1.807, 2.05) is 12.1 Å². The van der Waals surface area contributed by atoms with Crippen molar-refractivity contribution in [1.82, 2.24) is 10.9 Å². The van der Waals surface area contributed by atoms with E-state index in [4.69, 9.17) is 13.9 Å². The molecule has 156 valence electrons. The van der Waals surface area contributed by atoms with Crippen LogP contribution < -0.4 is 20.3 Å². The van der Waals surface area contributed by atoms with Gasteiger partial charge in [-0.1, -0.05) is 22.0 Å². The fourth-order valence-electron chi connectivity index (χ4n) is 2.34. The van der Waals surface area contributed by atoms with Gasteiger partial charge in [0.15, 0.2) is 11.9 Å². The Bertz CT molecular complexity index is 1020. The Kier molecular flexibility index (Phi) is 7.08. The first-order valence-electron chi connectivity index (χ1n) is 8.90. The summed E-state index contributed by atoms with van der Waals surface area (Å²) in [6.07, 6.45) is -0.915. The molecule has 1 heterocycles. The van der Waals surface area contributed by atoms with E-state index in [2.05, 4.69) is 26.8 Å². The maximum Gasteiger partial charge on any atom is 0.305 e. The number of hydrazine groups is 1. The molecule has 1 atom stereocenters. The van der Waals surface area contributed by atoms with Crippen molar-refractivity contribution in [2.75, 3.05) is 0 Å². The number of furan rings is 1. The standard InChI is InChI=1S/C21H18BrFN2O5/c1-13(29-16-7-5-15(23)6-8-16)20(26)24-25-21(27)19-10-9-18(30-19)12-28-17-4-2-3-14(22)11-17/h2-11,13H,12H2,1H3,(H,24,26)(H,25,27). The van der Waals surface area contributed by atoms with Gasteiger partial charge in [0.25, 0.3) is 5.91 Å². The second kappa shape index (κ2) is 9.93. The highest BCUT2D eigenvalue weighted by molar-refractivity contribution is 9.10. The Morgan fingerprint density at radius 2 is 1.83 bits per heavy atom. The summed E-state index contributed by atoms with van der Waals surface area (Å²) in [5.41, 5.74) is 4.50. The van der Waals surface area contributed by atoms with E-state index in [1.165, 1.54) is 37.3 Å². The van der Waals surface area contributed by atoms with Crippen LogP contribution in [0.15, 0.2) is 69.6 Å². The summed E-state index contributed by atoms with van der Waals surface area (Å²) in [6.45, 7) is 1.63. The lowest BCUT2D eigenvalue weighted by Crippen LogP contribution is -2.47. The summed E-state index contributed by atoms with van der Waals surface area (Å²) in [4.78, 5) is 24.2. The van der Waals surface area contributed by atoms with Crippen LogP contribution in [-0.4, -0.2) is 17.9 Å². The van der Waals surface area contributed by atoms with Crippen molar-refractivity contribution < 1.29 is 27.9 Å². The average molecular weight is 477 g/mol. The predicted octanol–water partition coefficient (Wildman–Crippen LogP) is 3.99. The Balaban J connectivity index is 1.46. The van der Waals surface area contributed by atoms with Crippen LogP contribution in [0.4, 0.5) is 4.39 Å². The minimum atomic E-state index is -0.915. The average Bonchev–Trinajstić information content (AvgIpc) is 3.21. The fraction of sp³-hybridized carbons (Fsp3) is 0.143. The first kappa shape index (κ1) is 21.4. The summed E-state index contributed by atoms with van der Waals surface area (Å²) in [5.74, 6) is -0.203. The molecule has 0 radical (unpaired) electrons. The number of halogens is 2. The van der Waals surface area contributed by atoms with Crippen LogP contribution in [0.3, 0.4) is 0 Å². The van der Waals surface area contributed by atoms with Crippen molar-refractivity contribution in [3.05, 3.63) is 82.5 Å². The van der Waals surface area contributed by atoms with Crippen molar-refractivity contribution in [3.8, 4) is 11.5 Å². The molecule has 2 aromatic carbocycles. The molecule has 0 aliphatic carbocycles. The largest absolute Gasteiger partial charge is 0.486 e. The molecule has 2 amide bonds. The highest BCUT2D eigenvalue weighted by Crippen LogP contribution is 2.19. The molecule has 0 aliphatic rings. The molecule has 7 nitrogen and oxygen atoms in total. The molecule has 0 saturated heterocycles. The number of carbonyl (C=O) groups is 2. The van der Waals surface area contributed by atoms with Crippen molar-refractivity contribution in [1.29, 1.82) is 0 Å². The fourth-order valence-corrected chi connectivity index (χ4v) is 2.72. The molecule has 1 aromatic heterocycles. The molecule has 30 heavy (non-hydrogen) atoms. The summed E-state index contributed by atoms with van der Waals surface area (Å²) in [6, 6.07) is 15.6. The van der Waals surface area contributed by atoms with Gasteiger partial charge in [0.05, 0.1) is 0 Å². The Hall–Kier alpha value is -3.33. The third-order valence-electron chi connectivity index (χ3n) is 3.86. The van der Waals surface area contributed by atoms with E-state index < -0.39 is 23.7 Å². The van der Waals surface area contributed by atoms with Gasteiger partial charge >= 0.3 is 5.91 Å². The molecule has 3 aromatic rings. The van der Waals surface area contributed by atoms with Gasteiger partial charge in [-0.2, -0.15) is 0 Å². The molecule has 1 unspecified atom stereocenters. The zero-order valence-corrected chi connectivity index (χ0v) is 17.4.